The van der Waals surface area contributed by atoms with Gasteiger partial charge >= 0.3 is 6.09 Å². The van der Waals surface area contributed by atoms with Gasteiger partial charge in [-0.25, -0.2) is 9.69 Å². The number of methoxy groups -OCH3 is 1. The highest BCUT2D eigenvalue weighted by Gasteiger charge is 2.43. The first-order valence-electron chi connectivity index (χ1n) is 13.7. The fraction of sp³-hybridized carbons (Fsp3) is 0.613. The van der Waals surface area contributed by atoms with E-state index in [4.69, 9.17) is 13.9 Å². The fourth-order valence-electron chi connectivity index (χ4n) is 4.61. The Bertz CT molecular complexity index is 984. The van der Waals surface area contributed by atoms with Gasteiger partial charge in [0.1, 0.15) is 12.7 Å². The summed E-state index contributed by atoms with van der Waals surface area (Å²) in [6.45, 7) is 23.5. The summed E-state index contributed by atoms with van der Waals surface area (Å²) in [4.78, 5) is 27.5. The zero-order valence-electron chi connectivity index (χ0n) is 25.1. The number of amides is 2. The number of carbonyl (C=O) groups excluding carboxylic acids is 2. The summed E-state index contributed by atoms with van der Waals surface area (Å²) in [5.41, 5.74) is 2.15. The lowest BCUT2D eigenvalue weighted by atomic mass is 9.85. The smallest absolute Gasteiger partial charge is 0.416 e. The predicted octanol–water partition coefficient (Wildman–Crippen LogP) is 7.02. The van der Waals surface area contributed by atoms with Gasteiger partial charge in [0.05, 0.1) is 12.1 Å². The number of benzene rings is 1. The molecule has 1 heterocycles. The van der Waals surface area contributed by atoms with E-state index in [0.29, 0.717) is 6.42 Å². The van der Waals surface area contributed by atoms with Crippen molar-refractivity contribution in [3.05, 3.63) is 60.2 Å². The number of cyclic esters (lactones) is 1. The molecular formula is C31H49NO5Si. The minimum Gasteiger partial charge on any atom is -0.447 e. The van der Waals surface area contributed by atoms with Gasteiger partial charge in [0, 0.05) is 18.9 Å². The first kappa shape index (κ1) is 32.0. The second kappa shape index (κ2) is 13.2. The van der Waals surface area contributed by atoms with Gasteiger partial charge in [-0.15, -0.1) is 6.58 Å². The quantitative estimate of drug-likeness (QED) is 0.209. The molecule has 0 saturated carbocycles. The first-order chi connectivity index (χ1) is 17.6. The minimum absolute atomic E-state index is 0.0272. The Kier molecular flexibility index (Phi) is 11.1. The average molecular weight is 544 g/mol. The van der Waals surface area contributed by atoms with Crippen LogP contribution in [0.2, 0.25) is 18.1 Å². The van der Waals surface area contributed by atoms with E-state index in [0.717, 1.165) is 11.1 Å². The van der Waals surface area contributed by atoms with Gasteiger partial charge in [0.25, 0.3) is 0 Å². The molecule has 1 aromatic carbocycles. The third kappa shape index (κ3) is 7.67. The van der Waals surface area contributed by atoms with Crippen molar-refractivity contribution in [2.75, 3.05) is 13.7 Å². The lowest BCUT2D eigenvalue weighted by Crippen LogP contribution is -2.49. The lowest BCUT2D eigenvalue weighted by Gasteiger charge is -2.42. The summed E-state index contributed by atoms with van der Waals surface area (Å²) < 4.78 is 17.9. The molecular weight excluding hydrogens is 494 g/mol. The minimum atomic E-state index is -2.08. The van der Waals surface area contributed by atoms with E-state index in [9.17, 15) is 9.59 Å². The van der Waals surface area contributed by atoms with Gasteiger partial charge in [-0.05, 0) is 43.0 Å². The van der Waals surface area contributed by atoms with E-state index in [1.54, 1.807) is 13.2 Å². The van der Waals surface area contributed by atoms with Crippen molar-refractivity contribution in [3.63, 3.8) is 0 Å². The molecule has 0 bridgehead atoms. The van der Waals surface area contributed by atoms with Crippen LogP contribution in [0.1, 0.15) is 54.0 Å². The van der Waals surface area contributed by atoms with E-state index in [2.05, 4.69) is 53.4 Å². The largest absolute Gasteiger partial charge is 0.447 e. The molecule has 1 unspecified atom stereocenters. The van der Waals surface area contributed by atoms with E-state index in [1.807, 2.05) is 51.1 Å². The van der Waals surface area contributed by atoms with Crippen molar-refractivity contribution < 1.29 is 23.5 Å². The van der Waals surface area contributed by atoms with Gasteiger partial charge in [-0.1, -0.05) is 89.6 Å². The summed E-state index contributed by atoms with van der Waals surface area (Å²) in [7, 11) is -0.396. The number of allylic oxidation sites excluding steroid dienone is 1. The molecule has 0 N–H and O–H groups in total. The van der Waals surface area contributed by atoms with Crippen LogP contribution in [0.4, 0.5) is 4.79 Å². The van der Waals surface area contributed by atoms with Crippen LogP contribution in [0, 0.1) is 17.8 Å². The van der Waals surface area contributed by atoms with Crippen molar-refractivity contribution in [1.29, 1.82) is 0 Å². The standard InChI is InChI=1S/C31H49NO5Si/c1-12-27(35-9)28(37-38(10,11)31(6,7)8)22(3)18-21(2)23(4)24(5)29(33)32-26(20-36-30(32)34)19-25-16-14-13-15-17-25/h12-18,22-24,26-28H,1,19-20H2,2-11H3/b21-18-/t22-,23+,24+,26-,27?,28+/m1/s1. The molecule has 7 heteroatoms. The third-order valence-electron chi connectivity index (χ3n) is 8.48. The fourth-order valence-corrected chi connectivity index (χ4v) is 5.99. The zero-order valence-corrected chi connectivity index (χ0v) is 26.1. The molecule has 1 aromatic rings. The second-order valence-electron chi connectivity index (χ2n) is 12.3. The monoisotopic (exact) mass is 543 g/mol. The summed E-state index contributed by atoms with van der Waals surface area (Å²) in [6.07, 6.45) is 3.56. The molecule has 6 atom stereocenters. The van der Waals surface area contributed by atoms with Crippen molar-refractivity contribution in [3.8, 4) is 0 Å². The Morgan fingerprint density at radius 3 is 2.32 bits per heavy atom. The van der Waals surface area contributed by atoms with E-state index < -0.39 is 14.4 Å². The average Bonchev–Trinajstić information content (AvgIpc) is 3.21. The molecule has 0 aliphatic carbocycles. The van der Waals surface area contributed by atoms with Crippen LogP contribution in [0.3, 0.4) is 0 Å². The number of carbonyl (C=O) groups is 2. The number of ether oxygens (including phenoxy) is 2. The maximum absolute atomic E-state index is 13.6. The predicted molar refractivity (Wildman–Crippen MR) is 156 cm³/mol. The molecule has 1 fully saturated rings. The Morgan fingerprint density at radius 1 is 1.18 bits per heavy atom. The molecule has 1 aliphatic heterocycles. The Balaban J connectivity index is 2.22. The summed E-state index contributed by atoms with van der Waals surface area (Å²) in [6, 6.07) is 9.58. The molecule has 212 valence electrons. The van der Waals surface area contributed by atoms with Gasteiger partial charge in [-0.2, -0.15) is 0 Å². The van der Waals surface area contributed by atoms with E-state index in [1.165, 1.54) is 4.90 Å². The third-order valence-corrected chi connectivity index (χ3v) is 13.0. The zero-order chi connectivity index (χ0) is 28.8. The Hall–Kier alpha value is -2.22. The molecule has 2 amide bonds. The molecule has 38 heavy (non-hydrogen) atoms. The van der Waals surface area contributed by atoms with Gasteiger partial charge in [-0.3, -0.25) is 4.79 Å². The summed E-state index contributed by atoms with van der Waals surface area (Å²) >= 11 is 0. The Morgan fingerprint density at radius 2 is 1.79 bits per heavy atom. The number of rotatable bonds is 12. The SMILES string of the molecule is C=CC(OC)[C@@H](O[Si](C)(C)C(C)(C)C)[C@H](C)/C=C(/C)[C@H](C)[C@H](C)C(=O)N1C(=O)OC[C@H]1Cc1ccccc1. The van der Waals surface area contributed by atoms with Gasteiger partial charge in [0.2, 0.25) is 5.91 Å². The normalized spacial score (nSPS) is 20.9. The summed E-state index contributed by atoms with van der Waals surface area (Å²) in [5, 5.41) is 0.0536. The second-order valence-corrected chi connectivity index (χ2v) is 17.0. The van der Waals surface area contributed by atoms with E-state index >= 15 is 0 Å². The van der Waals surface area contributed by atoms with Crippen LogP contribution in [-0.2, 0) is 25.1 Å². The van der Waals surface area contributed by atoms with Crippen molar-refractivity contribution in [2.45, 2.75) is 91.3 Å². The molecule has 0 spiro atoms. The first-order valence-corrected chi connectivity index (χ1v) is 16.6. The van der Waals surface area contributed by atoms with Crippen molar-refractivity contribution in [1.82, 2.24) is 4.90 Å². The maximum atomic E-state index is 13.6. The van der Waals surface area contributed by atoms with Gasteiger partial charge < -0.3 is 13.9 Å². The number of nitrogens with zero attached hydrogens (tertiary/aromatic N) is 1. The van der Waals surface area contributed by atoms with Crippen LogP contribution < -0.4 is 0 Å². The maximum Gasteiger partial charge on any atom is 0.416 e. The van der Waals surface area contributed by atoms with Crippen LogP contribution in [0.15, 0.2) is 54.6 Å². The highest BCUT2D eigenvalue weighted by atomic mass is 28.4. The molecule has 2 rings (SSSR count). The topological polar surface area (TPSA) is 65.1 Å². The molecule has 0 aromatic heterocycles. The number of imide groups is 1. The highest BCUT2D eigenvalue weighted by molar-refractivity contribution is 6.74. The van der Waals surface area contributed by atoms with Crippen LogP contribution in [0.5, 0.6) is 0 Å². The number of hydrogen-bond donors (Lipinski definition) is 0. The lowest BCUT2D eigenvalue weighted by molar-refractivity contribution is -0.134. The molecule has 1 aliphatic rings. The van der Waals surface area contributed by atoms with Crippen LogP contribution in [-0.4, -0.2) is 57.2 Å². The Labute approximate surface area is 231 Å². The summed E-state index contributed by atoms with van der Waals surface area (Å²) in [5.74, 6) is -0.635. The van der Waals surface area contributed by atoms with E-state index in [-0.39, 0.29) is 53.6 Å². The van der Waals surface area contributed by atoms with Crippen molar-refractivity contribution >= 4 is 20.3 Å². The van der Waals surface area contributed by atoms with Crippen molar-refractivity contribution in [2.24, 2.45) is 17.8 Å². The van der Waals surface area contributed by atoms with Crippen LogP contribution >= 0.6 is 0 Å². The highest BCUT2D eigenvalue weighted by Crippen LogP contribution is 2.39. The number of hydrogen-bond acceptors (Lipinski definition) is 5. The van der Waals surface area contributed by atoms with Crippen LogP contribution in [0.25, 0.3) is 0 Å². The molecule has 0 radical (unpaired) electrons. The molecule has 1 saturated heterocycles. The molecule has 6 nitrogen and oxygen atoms in total. The van der Waals surface area contributed by atoms with Gasteiger partial charge in [0.15, 0.2) is 8.32 Å².